The SMILES string of the molecule is SC1(SC2CCCCC2)CCCCC1. The van der Waals surface area contributed by atoms with Gasteiger partial charge in [-0.05, 0) is 25.7 Å². The molecule has 2 fully saturated rings. The molecule has 2 aliphatic carbocycles. The standard InChI is InChI=1S/C12H22S2/c13-12(9-5-2-6-10-12)14-11-7-3-1-4-8-11/h11,13H,1-10H2. The van der Waals surface area contributed by atoms with Gasteiger partial charge in [0.15, 0.2) is 0 Å². The lowest BCUT2D eigenvalue weighted by molar-refractivity contribution is 0.479. The van der Waals surface area contributed by atoms with Gasteiger partial charge < -0.3 is 0 Å². The molecule has 0 heterocycles. The van der Waals surface area contributed by atoms with E-state index in [0.717, 1.165) is 5.25 Å². The summed E-state index contributed by atoms with van der Waals surface area (Å²) >= 11 is 7.13. The van der Waals surface area contributed by atoms with E-state index in [4.69, 9.17) is 12.6 Å². The molecular weight excluding hydrogens is 208 g/mol. The Bertz CT molecular complexity index is 167. The summed E-state index contributed by atoms with van der Waals surface area (Å²) < 4.78 is 0.347. The summed E-state index contributed by atoms with van der Waals surface area (Å²) in [6.07, 6.45) is 14.2. The van der Waals surface area contributed by atoms with Crippen LogP contribution < -0.4 is 0 Å². The van der Waals surface area contributed by atoms with Crippen LogP contribution in [0.3, 0.4) is 0 Å². The third-order valence-electron chi connectivity index (χ3n) is 3.57. The van der Waals surface area contributed by atoms with E-state index in [1.165, 1.54) is 64.2 Å². The summed E-state index contributed by atoms with van der Waals surface area (Å²) in [5, 5.41) is 0.930. The van der Waals surface area contributed by atoms with Crippen molar-refractivity contribution in [1.29, 1.82) is 0 Å². The lowest BCUT2D eigenvalue weighted by Crippen LogP contribution is -2.25. The molecule has 14 heavy (non-hydrogen) atoms. The fourth-order valence-corrected chi connectivity index (χ4v) is 5.19. The second kappa shape index (κ2) is 5.16. The Morgan fingerprint density at radius 1 is 0.857 bits per heavy atom. The third kappa shape index (κ3) is 3.10. The summed E-state index contributed by atoms with van der Waals surface area (Å²) in [6.45, 7) is 0. The van der Waals surface area contributed by atoms with E-state index in [1.54, 1.807) is 0 Å². The zero-order chi connectivity index (χ0) is 9.86. The van der Waals surface area contributed by atoms with Crippen LogP contribution in [0.5, 0.6) is 0 Å². The molecule has 2 heteroatoms. The molecule has 0 saturated heterocycles. The number of hydrogen-bond donors (Lipinski definition) is 1. The molecule has 2 rings (SSSR count). The van der Waals surface area contributed by atoms with Crippen LogP contribution in [0, 0.1) is 0 Å². The molecule has 82 valence electrons. The maximum Gasteiger partial charge on any atom is 0.0584 e. The van der Waals surface area contributed by atoms with Crippen molar-refractivity contribution in [3.05, 3.63) is 0 Å². The van der Waals surface area contributed by atoms with Crippen molar-refractivity contribution in [2.24, 2.45) is 0 Å². The fourth-order valence-electron chi connectivity index (χ4n) is 2.72. The average Bonchev–Trinajstić information content (AvgIpc) is 2.19. The van der Waals surface area contributed by atoms with Gasteiger partial charge in [-0.15, -0.1) is 11.8 Å². The first-order valence-corrected chi connectivity index (χ1v) is 7.51. The molecular formula is C12H22S2. The van der Waals surface area contributed by atoms with Gasteiger partial charge in [-0.1, -0.05) is 38.5 Å². The molecule has 0 nitrogen and oxygen atoms in total. The first kappa shape index (κ1) is 11.2. The van der Waals surface area contributed by atoms with E-state index in [1.807, 2.05) is 0 Å². The van der Waals surface area contributed by atoms with Crippen molar-refractivity contribution >= 4 is 24.4 Å². The molecule has 0 aromatic rings. The van der Waals surface area contributed by atoms with Gasteiger partial charge in [-0.3, -0.25) is 0 Å². The lowest BCUT2D eigenvalue weighted by atomic mass is 9.99. The monoisotopic (exact) mass is 230 g/mol. The van der Waals surface area contributed by atoms with E-state index < -0.39 is 0 Å². The molecule has 0 N–H and O–H groups in total. The second-order valence-corrected chi connectivity index (χ2v) is 7.73. The van der Waals surface area contributed by atoms with Gasteiger partial charge in [-0.2, -0.15) is 12.6 Å². The van der Waals surface area contributed by atoms with E-state index in [9.17, 15) is 0 Å². The van der Waals surface area contributed by atoms with Crippen LogP contribution in [-0.2, 0) is 0 Å². The zero-order valence-electron chi connectivity index (χ0n) is 9.00. The summed E-state index contributed by atoms with van der Waals surface area (Å²) in [5.41, 5.74) is 0. The Morgan fingerprint density at radius 2 is 1.43 bits per heavy atom. The molecule has 0 bridgehead atoms. The largest absolute Gasteiger partial charge is 0.162 e. The maximum absolute atomic E-state index is 4.92. The van der Waals surface area contributed by atoms with E-state index in [-0.39, 0.29) is 0 Å². The molecule has 0 spiro atoms. The average molecular weight is 230 g/mol. The summed E-state index contributed by atoms with van der Waals surface area (Å²) in [6, 6.07) is 0. The Labute approximate surface area is 98.0 Å². The smallest absolute Gasteiger partial charge is 0.0584 e. The lowest BCUT2D eigenvalue weighted by Gasteiger charge is -2.36. The van der Waals surface area contributed by atoms with Crippen molar-refractivity contribution in [3.8, 4) is 0 Å². The molecule has 0 aliphatic heterocycles. The minimum absolute atomic E-state index is 0.347. The highest BCUT2D eigenvalue weighted by molar-refractivity contribution is 8.11. The molecule has 0 aromatic carbocycles. The van der Waals surface area contributed by atoms with Gasteiger partial charge in [-0.25, -0.2) is 0 Å². The minimum Gasteiger partial charge on any atom is -0.162 e. The highest BCUT2D eigenvalue weighted by Crippen LogP contribution is 2.47. The van der Waals surface area contributed by atoms with Crippen LogP contribution in [0.25, 0.3) is 0 Å². The van der Waals surface area contributed by atoms with Crippen LogP contribution in [0.2, 0.25) is 0 Å². The molecule has 0 aromatic heterocycles. The van der Waals surface area contributed by atoms with Gasteiger partial charge in [0.25, 0.3) is 0 Å². The quantitative estimate of drug-likeness (QED) is 0.532. The maximum atomic E-state index is 4.92. The normalized spacial score (nSPS) is 28.9. The fraction of sp³-hybridized carbons (Fsp3) is 1.00. The van der Waals surface area contributed by atoms with Crippen LogP contribution in [-0.4, -0.2) is 9.33 Å². The van der Waals surface area contributed by atoms with Crippen molar-refractivity contribution in [1.82, 2.24) is 0 Å². The number of thioether (sulfide) groups is 1. The predicted molar refractivity (Wildman–Crippen MR) is 69.3 cm³/mol. The molecule has 0 atom stereocenters. The van der Waals surface area contributed by atoms with Gasteiger partial charge in [0.1, 0.15) is 0 Å². The van der Waals surface area contributed by atoms with Crippen molar-refractivity contribution in [3.63, 3.8) is 0 Å². The highest BCUT2D eigenvalue weighted by Gasteiger charge is 2.31. The molecule has 0 amide bonds. The Hall–Kier alpha value is 0.700. The van der Waals surface area contributed by atoms with Gasteiger partial charge >= 0.3 is 0 Å². The zero-order valence-corrected chi connectivity index (χ0v) is 10.7. The van der Waals surface area contributed by atoms with Crippen molar-refractivity contribution < 1.29 is 0 Å². The van der Waals surface area contributed by atoms with Crippen molar-refractivity contribution in [2.45, 2.75) is 73.5 Å². The van der Waals surface area contributed by atoms with Crippen molar-refractivity contribution in [2.75, 3.05) is 0 Å². The van der Waals surface area contributed by atoms with Gasteiger partial charge in [0, 0.05) is 5.25 Å². The Balaban J connectivity index is 1.81. The van der Waals surface area contributed by atoms with Gasteiger partial charge in [0.2, 0.25) is 0 Å². The van der Waals surface area contributed by atoms with Crippen LogP contribution in [0.4, 0.5) is 0 Å². The second-order valence-electron chi connectivity index (χ2n) is 4.88. The Morgan fingerprint density at radius 3 is 2.07 bits per heavy atom. The molecule has 2 aliphatic rings. The predicted octanol–water partition coefficient (Wildman–Crippen LogP) is 4.64. The molecule has 0 unspecified atom stereocenters. The summed E-state index contributed by atoms with van der Waals surface area (Å²) in [7, 11) is 0. The molecule has 0 radical (unpaired) electrons. The topological polar surface area (TPSA) is 0 Å². The first-order valence-electron chi connectivity index (χ1n) is 6.19. The van der Waals surface area contributed by atoms with E-state index >= 15 is 0 Å². The minimum atomic E-state index is 0.347. The van der Waals surface area contributed by atoms with Crippen LogP contribution >= 0.6 is 24.4 Å². The Kier molecular flexibility index (Phi) is 4.12. The number of rotatable bonds is 2. The summed E-state index contributed by atoms with van der Waals surface area (Å²) in [5.74, 6) is 0. The molecule has 2 saturated carbocycles. The van der Waals surface area contributed by atoms with E-state index in [2.05, 4.69) is 11.8 Å². The highest BCUT2D eigenvalue weighted by atomic mass is 32.2. The summed E-state index contributed by atoms with van der Waals surface area (Å²) in [4.78, 5) is 0. The third-order valence-corrected chi connectivity index (χ3v) is 5.99. The van der Waals surface area contributed by atoms with Crippen LogP contribution in [0.15, 0.2) is 0 Å². The van der Waals surface area contributed by atoms with Gasteiger partial charge in [0.05, 0.1) is 4.08 Å². The van der Waals surface area contributed by atoms with E-state index in [0.29, 0.717) is 4.08 Å². The van der Waals surface area contributed by atoms with Crippen LogP contribution in [0.1, 0.15) is 64.2 Å². The first-order chi connectivity index (χ1) is 6.79. The number of hydrogen-bond acceptors (Lipinski definition) is 2. The number of thiol groups is 1.